The maximum Gasteiger partial charge on any atom is 0.436 e. The van der Waals surface area contributed by atoms with Gasteiger partial charge in [0.2, 0.25) is 5.91 Å². The van der Waals surface area contributed by atoms with Crippen LogP contribution in [-0.4, -0.2) is 37.4 Å². The molecule has 1 unspecified atom stereocenters. The number of aryl methyl sites for hydroxylation is 2. The minimum Gasteiger partial charge on any atom is -0.339 e. The number of likely N-dealkylation sites (N-methyl/N-ethyl adjacent to an activating group) is 1. The zero-order chi connectivity index (χ0) is 20.1. The highest BCUT2D eigenvalue weighted by atomic mass is 35.5. The highest BCUT2D eigenvalue weighted by molar-refractivity contribution is 6.32. The number of aromatic nitrogens is 4. The molecule has 1 aliphatic carbocycles. The molecule has 148 valence electrons. The fourth-order valence-corrected chi connectivity index (χ4v) is 3.57. The lowest BCUT2D eigenvalue weighted by Crippen LogP contribution is -2.34. The Morgan fingerprint density at radius 2 is 2.04 bits per heavy atom. The van der Waals surface area contributed by atoms with E-state index in [4.69, 9.17) is 11.6 Å². The summed E-state index contributed by atoms with van der Waals surface area (Å²) in [7, 11) is 3.39. The molecule has 1 fully saturated rings. The predicted molar refractivity (Wildman–Crippen MR) is 93.3 cm³/mol. The van der Waals surface area contributed by atoms with Crippen molar-refractivity contribution in [1.82, 2.24) is 24.5 Å². The molecular formula is C17H21ClF3N5O. The predicted octanol–water partition coefficient (Wildman–Crippen LogP) is 3.69. The number of carbonyl (C=O) groups is 1. The number of amides is 1. The van der Waals surface area contributed by atoms with Crippen molar-refractivity contribution in [2.45, 2.75) is 51.4 Å². The van der Waals surface area contributed by atoms with E-state index in [0.717, 1.165) is 28.8 Å². The van der Waals surface area contributed by atoms with Crippen molar-refractivity contribution in [2.24, 2.45) is 7.05 Å². The van der Waals surface area contributed by atoms with Gasteiger partial charge in [-0.3, -0.25) is 14.2 Å². The summed E-state index contributed by atoms with van der Waals surface area (Å²) in [5, 5.41) is 7.51. The molecule has 0 N–H and O–H groups in total. The van der Waals surface area contributed by atoms with E-state index in [2.05, 4.69) is 10.2 Å². The lowest BCUT2D eigenvalue weighted by Gasteiger charge is -2.23. The normalized spacial score (nSPS) is 15.9. The molecule has 2 heterocycles. The molecule has 0 bridgehead atoms. The van der Waals surface area contributed by atoms with E-state index in [1.165, 1.54) is 4.90 Å². The Balaban J connectivity index is 1.87. The van der Waals surface area contributed by atoms with Crippen LogP contribution in [0.2, 0.25) is 5.02 Å². The largest absolute Gasteiger partial charge is 0.436 e. The molecule has 0 spiro atoms. The van der Waals surface area contributed by atoms with E-state index in [1.54, 1.807) is 25.7 Å². The molecular weight excluding hydrogens is 383 g/mol. The second-order valence-corrected chi connectivity index (χ2v) is 7.43. The third kappa shape index (κ3) is 3.83. The number of hydrogen-bond donors (Lipinski definition) is 0. The van der Waals surface area contributed by atoms with Gasteiger partial charge in [0, 0.05) is 38.3 Å². The van der Waals surface area contributed by atoms with E-state index >= 15 is 0 Å². The third-order valence-corrected chi connectivity index (χ3v) is 5.12. The molecule has 1 amide bonds. The quantitative estimate of drug-likeness (QED) is 0.765. The lowest BCUT2D eigenvalue weighted by molar-refractivity contribution is -0.142. The summed E-state index contributed by atoms with van der Waals surface area (Å²) in [5.74, 6) is -0.421. The van der Waals surface area contributed by atoms with Crippen LogP contribution in [0.1, 0.15) is 54.4 Å². The Bertz CT molecular complexity index is 869. The highest BCUT2D eigenvalue weighted by Crippen LogP contribution is 2.47. The van der Waals surface area contributed by atoms with Gasteiger partial charge in [0.1, 0.15) is 6.04 Å². The average molecular weight is 404 g/mol. The summed E-state index contributed by atoms with van der Waals surface area (Å²) in [4.78, 5) is 14.3. The Morgan fingerprint density at radius 3 is 2.52 bits per heavy atom. The maximum atomic E-state index is 13.2. The van der Waals surface area contributed by atoms with Crippen LogP contribution >= 0.6 is 11.6 Å². The Morgan fingerprint density at radius 1 is 1.41 bits per heavy atom. The minimum absolute atomic E-state index is 0.0813. The first-order chi connectivity index (χ1) is 12.5. The summed E-state index contributed by atoms with van der Waals surface area (Å²) in [6.07, 6.45) is -1.36. The van der Waals surface area contributed by atoms with E-state index in [-0.39, 0.29) is 11.8 Å². The lowest BCUT2D eigenvalue weighted by atomic mass is 10.2. The first-order valence-corrected chi connectivity index (χ1v) is 8.97. The molecule has 10 heteroatoms. The average Bonchev–Trinajstić information content (AvgIpc) is 3.26. The van der Waals surface area contributed by atoms with Gasteiger partial charge >= 0.3 is 6.18 Å². The van der Waals surface area contributed by atoms with Crippen LogP contribution in [-0.2, 0) is 24.6 Å². The van der Waals surface area contributed by atoms with Gasteiger partial charge in [-0.25, -0.2) is 0 Å². The topological polar surface area (TPSA) is 56.0 Å². The van der Waals surface area contributed by atoms with Crippen LogP contribution in [0.3, 0.4) is 0 Å². The van der Waals surface area contributed by atoms with Crippen LogP contribution < -0.4 is 0 Å². The second kappa shape index (κ2) is 6.85. The van der Waals surface area contributed by atoms with Crippen LogP contribution in [0.25, 0.3) is 0 Å². The summed E-state index contributed by atoms with van der Waals surface area (Å²) in [6.45, 7) is 3.69. The van der Waals surface area contributed by atoms with Crippen molar-refractivity contribution in [3.63, 3.8) is 0 Å². The van der Waals surface area contributed by atoms with Gasteiger partial charge in [-0.1, -0.05) is 11.6 Å². The van der Waals surface area contributed by atoms with Crippen LogP contribution in [0.15, 0.2) is 6.20 Å². The van der Waals surface area contributed by atoms with Gasteiger partial charge in [0.05, 0.1) is 16.4 Å². The Labute approximate surface area is 159 Å². The molecule has 0 saturated heterocycles. The Hall–Kier alpha value is -2.03. The number of nitrogens with zero attached hydrogens (tertiary/aromatic N) is 5. The third-order valence-electron chi connectivity index (χ3n) is 4.74. The van der Waals surface area contributed by atoms with Gasteiger partial charge in [-0.2, -0.15) is 23.4 Å². The SMILES string of the molecule is Cc1nn(C)cc1CN(C)C(=O)C(C)n1nc(C(F)(F)F)c(Cl)c1C1CC1. The van der Waals surface area contributed by atoms with Gasteiger partial charge in [-0.15, -0.1) is 0 Å². The van der Waals surface area contributed by atoms with Crippen molar-refractivity contribution in [1.29, 1.82) is 0 Å². The summed E-state index contributed by atoms with van der Waals surface area (Å²) in [6, 6.07) is -0.892. The molecule has 2 aromatic heterocycles. The number of halogens is 4. The standard InChI is InChI=1S/C17H21ClF3N5O/c1-9-12(8-25(4)22-9)7-24(3)16(27)10(2)26-14(11-5-6-11)13(18)15(23-26)17(19,20)21/h8,10-11H,5-7H2,1-4H3. The Kier molecular flexibility index (Phi) is 5.00. The van der Waals surface area contributed by atoms with E-state index in [9.17, 15) is 18.0 Å². The van der Waals surface area contributed by atoms with Crippen molar-refractivity contribution in [3.05, 3.63) is 33.9 Å². The van der Waals surface area contributed by atoms with Crippen molar-refractivity contribution >= 4 is 17.5 Å². The van der Waals surface area contributed by atoms with Gasteiger partial charge in [-0.05, 0) is 26.7 Å². The molecule has 0 aliphatic heterocycles. The van der Waals surface area contributed by atoms with Crippen LogP contribution in [0, 0.1) is 6.92 Å². The van der Waals surface area contributed by atoms with E-state index in [1.807, 2.05) is 13.1 Å². The zero-order valence-electron chi connectivity index (χ0n) is 15.5. The molecule has 0 aromatic carbocycles. The minimum atomic E-state index is -4.66. The summed E-state index contributed by atoms with van der Waals surface area (Å²) < 4.78 is 42.5. The number of alkyl halides is 3. The molecule has 1 saturated carbocycles. The van der Waals surface area contributed by atoms with Crippen LogP contribution in [0.4, 0.5) is 13.2 Å². The second-order valence-electron chi connectivity index (χ2n) is 7.05. The van der Waals surface area contributed by atoms with Gasteiger partial charge in [0.15, 0.2) is 5.69 Å². The van der Waals surface area contributed by atoms with E-state index in [0.29, 0.717) is 12.2 Å². The first kappa shape index (κ1) is 19.7. The fourth-order valence-electron chi connectivity index (χ4n) is 3.19. The fraction of sp³-hybridized carbons (Fsp3) is 0.588. The molecule has 0 radical (unpaired) electrons. The van der Waals surface area contributed by atoms with Crippen molar-refractivity contribution < 1.29 is 18.0 Å². The van der Waals surface area contributed by atoms with Gasteiger partial charge in [0.25, 0.3) is 0 Å². The van der Waals surface area contributed by atoms with Crippen molar-refractivity contribution in [2.75, 3.05) is 7.05 Å². The summed E-state index contributed by atoms with van der Waals surface area (Å²) >= 11 is 5.99. The first-order valence-electron chi connectivity index (χ1n) is 8.59. The molecule has 2 aromatic rings. The molecule has 6 nitrogen and oxygen atoms in total. The maximum absolute atomic E-state index is 13.2. The van der Waals surface area contributed by atoms with Gasteiger partial charge < -0.3 is 4.90 Å². The molecule has 1 atom stereocenters. The van der Waals surface area contributed by atoms with Crippen LogP contribution in [0.5, 0.6) is 0 Å². The van der Waals surface area contributed by atoms with Crippen molar-refractivity contribution in [3.8, 4) is 0 Å². The number of rotatable bonds is 5. The monoisotopic (exact) mass is 403 g/mol. The molecule has 3 rings (SSSR count). The van der Waals surface area contributed by atoms with E-state index < -0.39 is 22.9 Å². The molecule has 1 aliphatic rings. The highest BCUT2D eigenvalue weighted by Gasteiger charge is 2.43. The number of carbonyl (C=O) groups excluding carboxylic acids is 1. The summed E-state index contributed by atoms with van der Waals surface area (Å²) in [5.41, 5.74) is 0.842. The smallest absolute Gasteiger partial charge is 0.339 e. The molecule has 27 heavy (non-hydrogen) atoms. The number of hydrogen-bond acceptors (Lipinski definition) is 3. The zero-order valence-corrected chi connectivity index (χ0v) is 16.3.